The lowest BCUT2D eigenvalue weighted by Crippen LogP contribution is -2.48. The number of nitrogens with zero attached hydrogens (tertiary/aromatic N) is 1. The monoisotopic (exact) mass is 462 g/mol. The Morgan fingerprint density at radius 2 is 1.45 bits per heavy atom. The van der Waals surface area contributed by atoms with E-state index in [2.05, 4.69) is 17.4 Å². The molecule has 3 aromatic rings. The zero-order chi connectivity index (χ0) is 23.2. The third-order valence-electron chi connectivity index (χ3n) is 6.23. The molecular weight excluding hydrogens is 436 g/mol. The number of amides is 1. The maximum atomic E-state index is 13.3. The summed E-state index contributed by atoms with van der Waals surface area (Å²) in [5.41, 5.74) is 4.59. The van der Waals surface area contributed by atoms with Crippen LogP contribution in [0.15, 0.2) is 77.7 Å². The van der Waals surface area contributed by atoms with E-state index in [1.165, 1.54) is 16.4 Å². The van der Waals surface area contributed by atoms with Crippen LogP contribution in [0.1, 0.15) is 41.4 Å². The van der Waals surface area contributed by atoms with Gasteiger partial charge in [-0.25, -0.2) is 8.42 Å². The van der Waals surface area contributed by atoms with Crippen LogP contribution in [0.5, 0.6) is 0 Å². The van der Waals surface area contributed by atoms with Crippen molar-refractivity contribution in [3.05, 3.63) is 89.5 Å². The Labute approximate surface area is 194 Å². The van der Waals surface area contributed by atoms with Gasteiger partial charge in [0.05, 0.1) is 23.1 Å². The SMILES string of the molecule is CC1CN(S(=O)(=O)c2cccc(C(=O)NC3c4ccccc4-c4ccccc43)c2)CC(C)O1. The van der Waals surface area contributed by atoms with Crippen LogP contribution in [0, 0.1) is 0 Å². The summed E-state index contributed by atoms with van der Waals surface area (Å²) in [5, 5.41) is 3.11. The van der Waals surface area contributed by atoms with Crippen molar-refractivity contribution in [3.63, 3.8) is 0 Å². The molecule has 6 nitrogen and oxygen atoms in total. The van der Waals surface area contributed by atoms with Crippen molar-refractivity contribution < 1.29 is 17.9 Å². The fourth-order valence-electron chi connectivity index (χ4n) is 4.80. The molecule has 2 atom stereocenters. The molecular formula is C26H26N2O4S. The van der Waals surface area contributed by atoms with Gasteiger partial charge in [0.1, 0.15) is 0 Å². The minimum absolute atomic E-state index is 0.115. The van der Waals surface area contributed by atoms with Crippen LogP contribution >= 0.6 is 0 Å². The van der Waals surface area contributed by atoms with E-state index in [0.29, 0.717) is 18.7 Å². The minimum Gasteiger partial charge on any atom is -0.373 e. The minimum atomic E-state index is -3.74. The lowest BCUT2D eigenvalue weighted by Gasteiger charge is -2.34. The summed E-state index contributed by atoms with van der Waals surface area (Å²) in [5.74, 6) is -0.313. The predicted octanol–water partition coefficient (Wildman–Crippen LogP) is 3.98. The molecule has 1 aliphatic carbocycles. The van der Waals surface area contributed by atoms with Gasteiger partial charge in [0.2, 0.25) is 10.0 Å². The highest BCUT2D eigenvalue weighted by Gasteiger charge is 2.33. The standard InChI is InChI=1S/C26H26N2O4S/c1-17-15-28(16-18(2)32-17)33(30,31)20-9-7-8-19(14-20)26(29)27-25-23-12-5-3-10-21(23)22-11-4-6-13-24(22)25/h3-14,17-18,25H,15-16H2,1-2H3,(H,27,29). The number of sulfonamides is 1. The Hall–Kier alpha value is -3.00. The third-order valence-corrected chi connectivity index (χ3v) is 8.06. The van der Waals surface area contributed by atoms with E-state index in [9.17, 15) is 13.2 Å². The normalized spacial score (nSPS) is 20.8. The molecule has 0 saturated carbocycles. The number of benzene rings is 3. The van der Waals surface area contributed by atoms with Crippen LogP contribution < -0.4 is 5.32 Å². The topological polar surface area (TPSA) is 75.7 Å². The highest BCUT2D eigenvalue weighted by molar-refractivity contribution is 7.89. The van der Waals surface area contributed by atoms with Gasteiger partial charge in [0, 0.05) is 18.7 Å². The number of ether oxygens (including phenoxy) is 1. The summed E-state index contributed by atoms with van der Waals surface area (Å²) in [7, 11) is -3.74. The van der Waals surface area contributed by atoms with E-state index in [0.717, 1.165) is 22.3 Å². The van der Waals surface area contributed by atoms with Crippen molar-refractivity contribution >= 4 is 15.9 Å². The van der Waals surface area contributed by atoms with Gasteiger partial charge in [-0.15, -0.1) is 0 Å². The number of rotatable bonds is 4. The Kier molecular flexibility index (Phi) is 5.56. The number of nitrogens with one attached hydrogen (secondary N) is 1. The van der Waals surface area contributed by atoms with Gasteiger partial charge in [0.15, 0.2) is 0 Å². The van der Waals surface area contributed by atoms with Crippen molar-refractivity contribution in [2.24, 2.45) is 0 Å². The summed E-state index contributed by atoms with van der Waals surface area (Å²) in [6, 6.07) is 22.0. The number of hydrogen-bond acceptors (Lipinski definition) is 4. The van der Waals surface area contributed by atoms with E-state index in [4.69, 9.17) is 4.74 Å². The van der Waals surface area contributed by atoms with Crippen molar-refractivity contribution in [1.82, 2.24) is 9.62 Å². The Morgan fingerprint density at radius 1 is 0.879 bits per heavy atom. The number of morpholine rings is 1. The molecule has 3 aromatic carbocycles. The Balaban J connectivity index is 1.43. The van der Waals surface area contributed by atoms with Gasteiger partial charge in [-0.05, 0) is 54.3 Å². The fraction of sp³-hybridized carbons (Fsp3) is 0.269. The summed E-state index contributed by atoms with van der Waals surface area (Å²) in [6.45, 7) is 4.30. The molecule has 5 rings (SSSR count). The first kappa shape index (κ1) is 21.8. The van der Waals surface area contributed by atoms with E-state index in [1.54, 1.807) is 12.1 Å². The maximum Gasteiger partial charge on any atom is 0.252 e. The van der Waals surface area contributed by atoms with E-state index in [1.807, 2.05) is 50.2 Å². The molecule has 1 N–H and O–H groups in total. The molecule has 2 aliphatic rings. The molecule has 1 amide bonds. The molecule has 1 saturated heterocycles. The van der Waals surface area contributed by atoms with E-state index >= 15 is 0 Å². The van der Waals surface area contributed by atoms with Gasteiger partial charge in [-0.1, -0.05) is 54.6 Å². The quantitative estimate of drug-likeness (QED) is 0.636. The van der Waals surface area contributed by atoms with Crippen molar-refractivity contribution in [2.75, 3.05) is 13.1 Å². The van der Waals surface area contributed by atoms with E-state index < -0.39 is 10.0 Å². The van der Waals surface area contributed by atoms with Crippen molar-refractivity contribution in [2.45, 2.75) is 37.0 Å². The third kappa shape index (κ3) is 3.97. The highest BCUT2D eigenvalue weighted by atomic mass is 32.2. The molecule has 1 heterocycles. The summed E-state index contributed by atoms with van der Waals surface area (Å²) in [6.07, 6.45) is -0.366. The van der Waals surface area contributed by atoms with Crippen LogP contribution in [0.4, 0.5) is 0 Å². The van der Waals surface area contributed by atoms with Crippen LogP contribution in [-0.4, -0.2) is 43.9 Å². The first-order valence-corrected chi connectivity index (χ1v) is 12.5. The number of hydrogen-bond donors (Lipinski definition) is 1. The molecule has 33 heavy (non-hydrogen) atoms. The van der Waals surface area contributed by atoms with Crippen LogP contribution in [-0.2, 0) is 14.8 Å². The Morgan fingerprint density at radius 3 is 2.06 bits per heavy atom. The summed E-state index contributed by atoms with van der Waals surface area (Å²) >= 11 is 0. The van der Waals surface area contributed by atoms with Gasteiger partial charge >= 0.3 is 0 Å². The molecule has 0 aromatic heterocycles. The smallest absolute Gasteiger partial charge is 0.252 e. The first-order chi connectivity index (χ1) is 15.8. The molecule has 2 unspecified atom stereocenters. The average molecular weight is 463 g/mol. The fourth-order valence-corrected chi connectivity index (χ4v) is 6.44. The Bertz CT molecular complexity index is 1270. The van der Waals surface area contributed by atoms with Gasteiger partial charge < -0.3 is 10.1 Å². The molecule has 0 radical (unpaired) electrons. The van der Waals surface area contributed by atoms with Gasteiger partial charge in [0.25, 0.3) is 5.91 Å². The summed E-state index contributed by atoms with van der Waals surface area (Å²) in [4.78, 5) is 13.4. The lowest BCUT2D eigenvalue weighted by molar-refractivity contribution is -0.0440. The molecule has 0 bridgehead atoms. The van der Waals surface area contributed by atoms with Crippen molar-refractivity contribution in [1.29, 1.82) is 0 Å². The van der Waals surface area contributed by atoms with Crippen LogP contribution in [0.25, 0.3) is 11.1 Å². The second-order valence-corrected chi connectivity index (χ2v) is 10.6. The molecule has 170 valence electrons. The largest absolute Gasteiger partial charge is 0.373 e. The van der Waals surface area contributed by atoms with Gasteiger partial charge in [-0.3, -0.25) is 4.79 Å². The molecule has 1 fully saturated rings. The van der Waals surface area contributed by atoms with E-state index in [-0.39, 0.29) is 29.1 Å². The lowest BCUT2D eigenvalue weighted by atomic mass is 10.0. The zero-order valence-electron chi connectivity index (χ0n) is 18.6. The van der Waals surface area contributed by atoms with Gasteiger partial charge in [-0.2, -0.15) is 4.31 Å². The molecule has 1 aliphatic heterocycles. The van der Waals surface area contributed by atoms with Crippen LogP contribution in [0.3, 0.4) is 0 Å². The number of carbonyl (C=O) groups is 1. The summed E-state index contributed by atoms with van der Waals surface area (Å²) < 4.78 is 33.6. The second-order valence-electron chi connectivity index (χ2n) is 8.69. The predicted molar refractivity (Wildman–Crippen MR) is 126 cm³/mol. The van der Waals surface area contributed by atoms with Crippen molar-refractivity contribution in [3.8, 4) is 11.1 Å². The highest BCUT2D eigenvalue weighted by Crippen LogP contribution is 2.43. The number of fused-ring (bicyclic) bond motifs is 3. The maximum absolute atomic E-state index is 13.3. The number of carbonyl (C=O) groups excluding carboxylic acids is 1. The van der Waals surface area contributed by atoms with Crippen LogP contribution in [0.2, 0.25) is 0 Å². The zero-order valence-corrected chi connectivity index (χ0v) is 19.4. The molecule has 7 heteroatoms. The first-order valence-electron chi connectivity index (χ1n) is 11.1. The molecule has 0 spiro atoms. The second kappa shape index (κ2) is 8.41. The average Bonchev–Trinajstić information content (AvgIpc) is 3.12.